The molecule has 0 aliphatic carbocycles. The molecular formula is C9H4BrF5O2. The van der Waals surface area contributed by atoms with Crippen molar-refractivity contribution in [2.24, 2.45) is 0 Å². The second-order valence-electron chi connectivity index (χ2n) is 2.84. The summed E-state index contributed by atoms with van der Waals surface area (Å²) in [5, 5.41) is -0.305. The molecule has 8 heteroatoms. The van der Waals surface area contributed by atoms with Crippen LogP contribution in [0.25, 0.3) is 0 Å². The summed E-state index contributed by atoms with van der Waals surface area (Å²) < 4.78 is 65.1. The molecule has 2 nitrogen and oxygen atoms in total. The van der Waals surface area contributed by atoms with Crippen LogP contribution in [-0.2, 0) is 0 Å². The van der Waals surface area contributed by atoms with Crippen LogP contribution >= 0.6 is 15.9 Å². The molecule has 0 fully saturated rings. The van der Waals surface area contributed by atoms with Crippen LogP contribution in [0.3, 0.4) is 0 Å². The smallest absolute Gasteiger partial charge is 0.399 e. The SMILES string of the molecule is O=C(CBr)c1ccc(F)c(OC(F)(F)F)c1F. The maximum atomic E-state index is 13.4. The van der Waals surface area contributed by atoms with Crippen molar-refractivity contribution < 1.29 is 31.5 Å². The molecule has 1 aromatic rings. The Kier molecular flexibility index (Phi) is 4.07. The van der Waals surface area contributed by atoms with Crippen molar-refractivity contribution in [3.63, 3.8) is 0 Å². The standard InChI is InChI=1S/C9H4BrF5O2/c10-3-6(16)4-1-2-5(11)8(7(4)12)17-9(13,14)15/h1-2H,3H2. The third kappa shape index (κ3) is 3.39. The number of carbonyl (C=O) groups excluding carboxylic acids is 1. The zero-order chi connectivity index (χ0) is 13.2. The van der Waals surface area contributed by atoms with Crippen LogP contribution < -0.4 is 4.74 Å². The summed E-state index contributed by atoms with van der Waals surface area (Å²) in [6.07, 6.45) is -5.24. The lowest BCUT2D eigenvalue weighted by atomic mass is 10.1. The van der Waals surface area contributed by atoms with Crippen LogP contribution in [0, 0.1) is 11.6 Å². The maximum absolute atomic E-state index is 13.4. The minimum absolute atomic E-state index is 0.305. The van der Waals surface area contributed by atoms with E-state index in [1.807, 2.05) is 0 Å². The lowest BCUT2D eigenvalue weighted by Crippen LogP contribution is -2.20. The summed E-state index contributed by atoms with van der Waals surface area (Å²) in [5.41, 5.74) is -0.678. The van der Waals surface area contributed by atoms with Crippen molar-refractivity contribution in [1.82, 2.24) is 0 Å². The van der Waals surface area contributed by atoms with Crippen molar-refractivity contribution >= 4 is 21.7 Å². The number of hydrogen-bond acceptors (Lipinski definition) is 2. The number of ether oxygens (including phenoxy) is 1. The molecule has 1 rings (SSSR count). The number of Topliss-reactive ketones (excluding diaryl/α,β-unsaturated/α-hetero) is 1. The fourth-order valence-electron chi connectivity index (χ4n) is 1.03. The van der Waals surface area contributed by atoms with Gasteiger partial charge in [-0.15, -0.1) is 13.2 Å². The minimum atomic E-state index is -5.24. The van der Waals surface area contributed by atoms with Gasteiger partial charge in [0, 0.05) is 0 Å². The van der Waals surface area contributed by atoms with Crippen LogP contribution in [0.15, 0.2) is 12.1 Å². The summed E-state index contributed by atoms with van der Waals surface area (Å²) in [6.45, 7) is 0. The third-order valence-electron chi connectivity index (χ3n) is 1.69. The molecule has 0 saturated carbocycles. The number of benzene rings is 1. The first-order valence-corrected chi connectivity index (χ1v) is 5.21. The number of carbonyl (C=O) groups is 1. The maximum Gasteiger partial charge on any atom is 0.573 e. The normalized spacial score (nSPS) is 11.4. The van der Waals surface area contributed by atoms with E-state index in [-0.39, 0.29) is 5.33 Å². The highest BCUT2D eigenvalue weighted by atomic mass is 79.9. The van der Waals surface area contributed by atoms with Crippen LogP contribution in [0.5, 0.6) is 5.75 Å². The van der Waals surface area contributed by atoms with Gasteiger partial charge in [-0.3, -0.25) is 4.79 Å². The van der Waals surface area contributed by atoms with Gasteiger partial charge in [0.05, 0.1) is 10.9 Å². The van der Waals surface area contributed by atoms with Crippen LogP contribution in [0.1, 0.15) is 10.4 Å². The molecule has 94 valence electrons. The van der Waals surface area contributed by atoms with Gasteiger partial charge in [0.25, 0.3) is 0 Å². The van der Waals surface area contributed by atoms with E-state index in [0.717, 1.165) is 6.07 Å². The third-order valence-corrected chi connectivity index (χ3v) is 2.20. The summed E-state index contributed by atoms with van der Waals surface area (Å²) in [4.78, 5) is 11.1. The van der Waals surface area contributed by atoms with E-state index in [2.05, 4.69) is 20.7 Å². The average Bonchev–Trinajstić information content (AvgIpc) is 2.22. The largest absolute Gasteiger partial charge is 0.573 e. The molecule has 0 saturated heterocycles. The summed E-state index contributed by atoms with van der Waals surface area (Å²) in [6, 6.07) is 1.28. The molecule has 0 spiro atoms. The van der Waals surface area contributed by atoms with E-state index in [1.54, 1.807) is 0 Å². The van der Waals surface area contributed by atoms with Crippen molar-refractivity contribution in [1.29, 1.82) is 0 Å². The van der Waals surface area contributed by atoms with Crippen LogP contribution in [-0.4, -0.2) is 17.5 Å². The van der Waals surface area contributed by atoms with Crippen molar-refractivity contribution in [3.8, 4) is 5.75 Å². The fraction of sp³-hybridized carbons (Fsp3) is 0.222. The average molecular weight is 319 g/mol. The van der Waals surface area contributed by atoms with Gasteiger partial charge in [-0.05, 0) is 12.1 Å². The molecular weight excluding hydrogens is 315 g/mol. The zero-order valence-corrected chi connectivity index (χ0v) is 9.53. The molecule has 0 aliphatic rings. The number of rotatable bonds is 3. The van der Waals surface area contributed by atoms with Gasteiger partial charge < -0.3 is 4.74 Å². The Morgan fingerprint density at radius 3 is 2.35 bits per heavy atom. The van der Waals surface area contributed by atoms with E-state index in [0.29, 0.717) is 6.07 Å². The van der Waals surface area contributed by atoms with Gasteiger partial charge in [-0.25, -0.2) is 8.78 Å². The number of hydrogen-bond donors (Lipinski definition) is 0. The minimum Gasteiger partial charge on any atom is -0.399 e. The zero-order valence-electron chi connectivity index (χ0n) is 7.95. The second kappa shape index (κ2) is 4.99. The predicted octanol–water partition coefficient (Wildman–Crippen LogP) is 3.44. The Hall–Kier alpha value is -1.18. The highest BCUT2D eigenvalue weighted by Gasteiger charge is 2.35. The second-order valence-corrected chi connectivity index (χ2v) is 3.40. The lowest BCUT2D eigenvalue weighted by Gasteiger charge is -2.11. The van der Waals surface area contributed by atoms with E-state index in [9.17, 15) is 26.7 Å². The summed E-state index contributed by atoms with van der Waals surface area (Å²) in [7, 11) is 0. The molecule has 0 aromatic heterocycles. The van der Waals surface area contributed by atoms with Crippen molar-refractivity contribution in [2.75, 3.05) is 5.33 Å². The van der Waals surface area contributed by atoms with Crippen molar-refractivity contribution in [3.05, 3.63) is 29.3 Å². The Morgan fingerprint density at radius 1 is 1.29 bits per heavy atom. The van der Waals surface area contributed by atoms with Gasteiger partial charge in [0.15, 0.2) is 17.4 Å². The molecule has 0 aliphatic heterocycles. The van der Waals surface area contributed by atoms with E-state index in [1.165, 1.54) is 0 Å². The molecule has 0 N–H and O–H groups in total. The van der Waals surface area contributed by atoms with Crippen LogP contribution in [0.4, 0.5) is 22.0 Å². The number of ketones is 1. The molecule has 0 heterocycles. The highest BCUT2D eigenvalue weighted by Crippen LogP contribution is 2.30. The first-order valence-electron chi connectivity index (χ1n) is 4.09. The first-order chi connectivity index (χ1) is 7.76. The summed E-state index contributed by atoms with van der Waals surface area (Å²) >= 11 is 2.72. The quantitative estimate of drug-likeness (QED) is 0.485. The van der Waals surface area contributed by atoms with Crippen LogP contribution in [0.2, 0.25) is 0 Å². The molecule has 0 atom stereocenters. The molecule has 17 heavy (non-hydrogen) atoms. The topological polar surface area (TPSA) is 26.3 Å². The predicted molar refractivity (Wildman–Crippen MR) is 51.2 cm³/mol. The molecule has 0 radical (unpaired) electrons. The number of halogens is 6. The number of alkyl halides is 4. The van der Waals surface area contributed by atoms with Gasteiger partial charge in [0.1, 0.15) is 0 Å². The van der Waals surface area contributed by atoms with E-state index in [4.69, 9.17) is 0 Å². The monoisotopic (exact) mass is 318 g/mol. The van der Waals surface area contributed by atoms with E-state index < -0.39 is 35.1 Å². The molecule has 0 amide bonds. The Bertz CT molecular complexity index is 444. The Morgan fingerprint density at radius 2 is 1.88 bits per heavy atom. The van der Waals surface area contributed by atoms with Gasteiger partial charge in [0.2, 0.25) is 5.75 Å². The molecule has 0 unspecified atom stereocenters. The summed E-state index contributed by atoms with van der Waals surface area (Å²) in [5.74, 6) is -5.67. The fourth-order valence-corrected chi connectivity index (χ4v) is 1.33. The van der Waals surface area contributed by atoms with Gasteiger partial charge >= 0.3 is 6.36 Å². The highest BCUT2D eigenvalue weighted by molar-refractivity contribution is 9.09. The first kappa shape index (κ1) is 13.9. The van der Waals surface area contributed by atoms with Gasteiger partial charge in [-0.1, -0.05) is 15.9 Å². The van der Waals surface area contributed by atoms with Gasteiger partial charge in [-0.2, -0.15) is 0 Å². The molecule has 0 bridgehead atoms. The Labute approximate surface area is 100 Å². The lowest BCUT2D eigenvalue weighted by molar-refractivity contribution is -0.276. The molecule has 1 aromatic carbocycles. The van der Waals surface area contributed by atoms with Crippen molar-refractivity contribution in [2.45, 2.75) is 6.36 Å². The Balaban J connectivity index is 3.25. The van der Waals surface area contributed by atoms with E-state index >= 15 is 0 Å².